The van der Waals surface area contributed by atoms with E-state index in [2.05, 4.69) is 5.32 Å². The predicted octanol–water partition coefficient (Wildman–Crippen LogP) is 0.955. The molecule has 7 nitrogen and oxygen atoms in total. The normalized spacial score (nSPS) is 11.5. The summed E-state index contributed by atoms with van der Waals surface area (Å²) in [6, 6.07) is 11.0. The summed E-state index contributed by atoms with van der Waals surface area (Å²) in [5.74, 6) is 0.466. The van der Waals surface area contributed by atoms with Crippen molar-refractivity contribution >= 4 is 17.5 Å². The van der Waals surface area contributed by atoms with Gasteiger partial charge in [-0.25, -0.2) is 4.39 Å². The van der Waals surface area contributed by atoms with Crippen LogP contribution in [-0.2, 0) is 16.1 Å². The fourth-order valence-electron chi connectivity index (χ4n) is 2.89. The molecule has 2 aromatic rings. The van der Waals surface area contributed by atoms with E-state index in [0.29, 0.717) is 23.7 Å². The van der Waals surface area contributed by atoms with Gasteiger partial charge in [0.2, 0.25) is 0 Å². The molecule has 0 saturated carbocycles. The average molecular weight is 404 g/mol. The smallest absolute Gasteiger partial charge is 0.279 e. The number of halogens is 1. The van der Waals surface area contributed by atoms with Gasteiger partial charge in [-0.2, -0.15) is 0 Å². The molecular weight excluding hydrogens is 377 g/mol. The number of nitrogens with one attached hydrogen (secondary N) is 2. The molecule has 0 fully saturated rings. The zero-order chi connectivity index (χ0) is 21.4. The van der Waals surface area contributed by atoms with Crippen LogP contribution in [0.1, 0.15) is 5.56 Å². The Morgan fingerprint density at radius 2 is 1.76 bits per heavy atom. The van der Waals surface area contributed by atoms with Crippen molar-refractivity contribution in [3.63, 3.8) is 0 Å². The van der Waals surface area contributed by atoms with Gasteiger partial charge >= 0.3 is 0 Å². The first-order chi connectivity index (χ1) is 13.8. The fourth-order valence-corrected chi connectivity index (χ4v) is 2.89. The average Bonchev–Trinajstić information content (AvgIpc) is 2.69. The Labute approximate surface area is 170 Å². The van der Waals surface area contributed by atoms with E-state index in [1.165, 1.54) is 24.3 Å². The Morgan fingerprint density at radius 1 is 1.07 bits per heavy atom. The molecule has 0 aliphatic rings. The second-order valence-corrected chi connectivity index (χ2v) is 6.77. The van der Waals surface area contributed by atoms with Gasteiger partial charge in [-0.3, -0.25) is 9.59 Å². The van der Waals surface area contributed by atoms with Crippen LogP contribution in [-0.4, -0.2) is 58.1 Å². The van der Waals surface area contributed by atoms with Crippen molar-refractivity contribution in [3.05, 3.63) is 53.8 Å². The lowest BCUT2D eigenvalue weighted by Gasteiger charge is -2.21. The minimum atomic E-state index is -0.368. The fraction of sp³-hybridized carbons (Fsp3) is 0.333. The van der Waals surface area contributed by atoms with Crippen LogP contribution in [0.4, 0.5) is 10.1 Å². The number of carbonyl (C=O) groups is 2. The third-order valence-corrected chi connectivity index (χ3v) is 4.36. The Bertz CT molecular complexity index is 842. The van der Waals surface area contributed by atoms with Crippen molar-refractivity contribution in [2.24, 2.45) is 0 Å². The van der Waals surface area contributed by atoms with E-state index in [9.17, 15) is 14.0 Å². The molecule has 2 rings (SSSR count). The molecule has 2 amide bonds. The van der Waals surface area contributed by atoms with Gasteiger partial charge in [-0.15, -0.1) is 0 Å². The van der Waals surface area contributed by atoms with E-state index in [4.69, 9.17) is 9.47 Å². The second-order valence-electron chi connectivity index (χ2n) is 6.77. The Balaban J connectivity index is 1.88. The number of para-hydroxylation sites is 1. The molecule has 1 unspecified atom stereocenters. The highest BCUT2D eigenvalue weighted by Crippen LogP contribution is 2.31. The molecule has 2 aromatic carbocycles. The minimum Gasteiger partial charge on any atom is -0.493 e. The van der Waals surface area contributed by atoms with Crippen LogP contribution in [0, 0.1) is 5.82 Å². The largest absolute Gasteiger partial charge is 0.493 e. The van der Waals surface area contributed by atoms with Crippen LogP contribution in [0.2, 0.25) is 0 Å². The zero-order valence-electron chi connectivity index (χ0n) is 17.1. The van der Waals surface area contributed by atoms with Crippen molar-refractivity contribution in [1.82, 2.24) is 4.90 Å². The summed E-state index contributed by atoms with van der Waals surface area (Å²) >= 11 is 0. The summed E-state index contributed by atoms with van der Waals surface area (Å²) in [6.45, 7) is 0.618. The van der Waals surface area contributed by atoms with Gasteiger partial charge in [-0.05, 0) is 30.3 Å². The first-order valence-electron chi connectivity index (χ1n) is 9.14. The number of amides is 2. The molecule has 0 saturated heterocycles. The van der Waals surface area contributed by atoms with Gasteiger partial charge in [0.15, 0.2) is 24.6 Å². The van der Waals surface area contributed by atoms with Crippen molar-refractivity contribution in [1.29, 1.82) is 0 Å². The molecule has 1 atom stereocenters. The van der Waals surface area contributed by atoms with Crippen LogP contribution in [0.25, 0.3) is 0 Å². The molecule has 8 heteroatoms. The van der Waals surface area contributed by atoms with E-state index >= 15 is 0 Å². The zero-order valence-corrected chi connectivity index (χ0v) is 17.1. The lowest BCUT2D eigenvalue weighted by molar-refractivity contribution is -0.862. The molecule has 29 heavy (non-hydrogen) atoms. The summed E-state index contributed by atoms with van der Waals surface area (Å²) in [7, 11) is 6.59. The molecule has 2 N–H and O–H groups in total. The summed E-state index contributed by atoms with van der Waals surface area (Å²) in [6.07, 6.45) is 0. The van der Waals surface area contributed by atoms with Gasteiger partial charge in [0.25, 0.3) is 11.8 Å². The Morgan fingerprint density at radius 3 is 2.38 bits per heavy atom. The molecular formula is C21H27FN3O4+. The number of benzene rings is 2. The highest BCUT2D eigenvalue weighted by molar-refractivity contribution is 5.91. The number of hydrogen-bond donors (Lipinski definition) is 2. The molecule has 0 radical (unpaired) electrons. The standard InChI is InChI=1S/C21H26FN3O4/c1-24(13-19(26)23-17-10-8-16(22)9-11-17)14-20(27)25(2)12-15-6-5-7-18(28-3)21(15)29-4/h5-11H,12-14H2,1-4H3,(H,23,26)/p+1. The number of hydrogen-bond acceptors (Lipinski definition) is 4. The third-order valence-electron chi connectivity index (χ3n) is 4.36. The maximum absolute atomic E-state index is 12.9. The second kappa shape index (κ2) is 10.4. The van der Waals surface area contributed by atoms with Crippen molar-refractivity contribution in [3.8, 4) is 11.5 Å². The molecule has 0 aliphatic carbocycles. The molecule has 0 aromatic heterocycles. The summed E-state index contributed by atoms with van der Waals surface area (Å²) in [5, 5.41) is 2.69. The maximum atomic E-state index is 12.9. The minimum absolute atomic E-state index is 0.109. The van der Waals surface area contributed by atoms with Crippen molar-refractivity contribution in [2.45, 2.75) is 6.54 Å². The first-order valence-corrected chi connectivity index (χ1v) is 9.14. The monoisotopic (exact) mass is 404 g/mol. The number of anilines is 1. The van der Waals surface area contributed by atoms with Crippen LogP contribution >= 0.6 is 0 Å². The number of rotatable bonds is 9. The molecule has 156 valence electrons. The topological polar surface area (TPSA) is 72.3 Å². The molecule has 0 aliphatic heterocycles. The van der Waals surface area contributed by atoms with E-state index < -0.39 is 0 Å². The highest BCUT2D eigenvalue weighted by Gasteiger charge is 2.19. The molecule has 0 spiro atoms. The summed E-state index contributed by atoms with van der Waals surface area (Å²) in [4.78, 5) is 27.0. The quantitative estimate of drug-likeness (QED) is 0.653. The van der Waals surface area contributed by atoms with Crippen molar-refractivity contribution in [2.75, 3.05) is 46.7 Å². The van der Waals surface area contributed by atoms with E-state index in [1.54, 1.807) is 39.3 Å². The number of likely N-dealkylation sites (N-methyl/N-ethyl adjacent to an activating group) is 2. The van der Waals surface area contributed by atoms with Gasteiger partial charge in [0.1, 0.15) is 5.82 Å². The van der Waals surface area contributed by atoms with E-state index in [0.717, 1.165) is 10.5 Å². The summed E-state index contributed by atoms with van der Waals surface area (Å²) in [5.41, 5.74) is 1.34. The number of methoxy groups -OCH3 is 2. The van der Waals surface area contributed by atoms with Crippen LogP contribution in [0.15, 0.2) is 42.5 Å². The third kappa shape index (κ3) is 6.46. The van der Waals surface area contributed by atoms with Gasteiger partial charge in [0, 0.05) is 24.8 Å². The van der Waals surface area contributed by atoms with E-state index in [-0.39, 0.29) is 30.7 Å². The lowest BCUT2D eigenvalue weighted by Crippen LogP contribution is -3.11. The van der Waals surface area contributed by atoms with Gasteiger partial charge in [-0.1, -0.05) is 12.1 Å². The lowest BCUT2D eigenvalue weighted by atomic mass is 10.1. The SMILES string of the molecule is COc1cccc(CN(C)C(=O)C[NH+](C)CC(=O)Nc2ccc(F)cc2)c1OC. The Kier molecular flexibility index (Phi) is 7.97. The summed E-state index contributed by atoms with van der Waals surface area (Å²) < 4.78 is 23.6. The van der Waals surface area contributed by atoms with Crippen LogP contribution in [0.5, 0.6) is 11.5 Å². The van der Waals surface area contributed by atoms with E-state index in [1.807, 2.05) is 12.1 Å². The number of ether oxygens (including phenoxy) is 2. The first kappa shape index (κ1) is 22.2. The van der Waals surface area contributed by atoms with Crippen LogP contribution < -0.4 is 19.7 Å². The predicted molar refractivity (Wildman–Crippen MR) is 108 cm³/mol. The molecule has 0 bridgehead atoms. The van der Waals surface area contributed by atoms with Gasteiger partial charge < -0.3 is 24.6 Å². The Hall–Kier alpha value is -3.13. The number of quaternary nitrogens is 1. The van der Waals surface area contributed by atoms with Crippen LogP contribution in [0.3, 0.4) is 0 Å². The maximum Gasteiger partial charge on any atom is 0.279 e. The molecule has 0 heterocycles. The van der Waals surface area contributed by atoms with Crippen molar-refractivity contribution < 1.29 is 28.4 Å². The highest BCUT2D eigenvalue weighted by atomic mass is 19.1. The number of nitrogens with zero attached hydrogens (tertiary/aromatic N) is 1. The number of carbonyl (C=O) groups excluding carboxylic acids is 2. The van der Waals surface area contributed by atoms with Gasteiger partial charge in [0.05, 0.1) is 21.3 Å².